The van der Waals surface area contributed by atoms with Crippen LogP contribution in [0.5, 0.6) is 0 Å². The van der Waals surface area contributed by atoms with Gasteiger partial charge in [-0.15, -0.1) is 0 Å². The number of imidazole rings is 1. The van der Waals surface area contributed by atoms with Crippen LogP contribution in [0.15, 0.2) is 24.7 Å². The summed E-state index contributed by atoms with van der Waals surface area (Å²) < 4.78 is 1.86. The highest BCUT2D eigenvalue weighted by atomic mass is 15.2. The van der Waals surface area contributed by atoms with E-state index in [0.717, 1.165) is 69.3 Å². The van der Waals surface area contributed by atoms with Crippen LogP contribution in [0.25, 0.3) is 40.8 Å². The molecule has 0 saturated carbocycles. The first kappa shape index (κ1) is 21.2. The molecule has 0 atom stereocenters. The topological polar surface area (TPSA) is 91.3 Å². The minimum Gasteiger partial charge on any atom is -0.368 e. The predicted molar refractivity (Wildman–Crippen MR) is 133 cm³/mol. The van der Waals surface area contributed by atoms with Gasteiger partial charge in [-0.25, -0.2) is 4.98 Å². The minimum absolute atomic E-state index is 0.707. The molecule has 1 saturated heterocycles. The molecule has 1 aliphatic rings. The van der Waals surface area contributed by atoms with E-state index < -0.39 is 0 Å². The van der Waals surface area contributed by atoms with Crippen molar-refractivity contribution in [3.05, 3.63) is 46.5 Å². The molecule has 8 nitrogen and oxygen atoms in total. The molecule has 0 aromatic carbocycles. The van der Waals surface area contributed by atoms with Gasteiger partial charge in [0.1, 0.15) is 11.2 Å². The number of rotatable bonds is 5. The smallest absolute Gasteiger partial charge is 0.159 e. The lowest BCUT2D eigenvalue weighted by molar-refractivity contribution is 0.578. The standard InChI is InChI=1S/C25H30N8/c1-5-19-18(15-32(4)31-19)16(2)9-10-20-17(3)23(30-29-20)25-27-21-13-26-14-22(24(21)28-25)33-11-7-6-8-12-33/h9-10,13-15,29H,3,5-8,11-12H2,1-2,4H3,(H,27,28)/b16-9+,20-10+. The molecule has 5 heterocycles. The number of anilines is 1. The largest absolute Gasteiger partial charge is 0.368 e. The van der Waals surface area contributed by atoms with Crippen molar-refractivity contribution in [1.82, 2.24) is 34.9 Å². The minimum atomic E-state index is 0.707. The summed E-state index contributed by atoms with van der Waals surface area (Å²) in [5.41, 5.74) is 7.08. The molecule has 0 unspecified atom stereocenters. The van der Waals surface area contributed by atoms with Crippen molar-refractivity contribution in [3.63, 3.8) is 0 Å². The molecule has 0 radical (unpaired) electrons. The van der Waals surface area contributed by atoms with Gasteiger partial charge in [-0.1, -0.05) is 19.6 Å². The SMILES string of the molecule is C=c1c(-c2nc3c(N4CCCCC4)cncc3[nH]2)n[nH]/c1=C/C=C(\C)c1cn(C)nc1CC. The summed E-state index contributed by atoms with van der Waals surface area (Å²) in [6.45, 7) is 10.6. The first-order valence-electron chi connectivity index (χ1n) is 11.6. The second-order valence-corrected chi connectivity index (χ2v) is 8.69. The number of hydrogen-bond donors (Lipinski definition) is 2. The second-order valence-electron chi connectivity index (χ2n) is 8.69. The normalized spacial score (nSPS) is 15.7. The van der Waals surface area contributed by atoms with Gasteiger partial charge < -0.3 is 9.88 Å². The molecule has 1 aliphatic heterocycles. The molecule has 5 rings (SSSR count). The van der Waals surface area contributed by atoms with Crippen molar-refractivity contribution in [2.45, 2.75) is 39.5 Å². The molecule has 1 fully saturated rings. The lowest BCUT2D eigenvalue weighted by Gasteiger charge is -2.28. The van der Waals surface area contributed by atoms with Crippen molar-refractivity contribution in [2.75, 3.05) is 18.0 Å². The molecule has 0 bridgehead atoms. The zero-order chi connectivity index (χ0) is 22.9. The number of aromatic nitrogens is 7. The molecule has 0 spiro atoms. The number of aryl methyl sites for hydroxylation is 2. The van der Waals surface area contributed by atoms with Gasteiger partial charge in [-0.2, -0.15) is 10.2 Å². The lowest BCUT2D eigenvalue weighted by Crippen LogP contribution is -2.29. The molecule has 170 valence electrons. The Morgan fingerprint density at radius 1 is 1.21 bits per heavy atom. The molecular formula is C25H30N8. The Labute approximate surface area is 192 Å². The van der Waals surface area contributed by atoms with E-state index in [-0.39, 0.29) is 0 Å². The summed E-state index contributed by atoms with van der Waals surface area (Å²) in [4.78, 5) is 15.1. The maximum absolute atomic E-state index is 4.90. The number of fused-ring (bicyclic) bond motifs is 1. The third kappa shape index (κ3) is 3.97. The van der Waals surface area contributed by atoms with Gasteiger partial charge >= 0.3 is 0 Å². The van der Waals surface area contributed by atoms with E-state index >= 15 is 0 Å². The van der Waals surface area contributed by atoms with Crippen molar-refractivity contribution in [3.8, 4) is 11.5 Å². The summed E-state index contributed by atoms with van der Waals surface area (Å²) in [5.74, 6) is 0.707. The highest BCUT2D eigenvalue weighted by Crippen LogP contribution is 2.28. The van der Waals surface area contributed by atoms with Crippen molar-refractivity contribution in [1.29, 1.82) is 0 Å². The van der Waals surface area contributed by atoms with Crippen molar-refractivity contribution >= 4 is 34.9 Å². The average molecular weight is 443 g/mol. The Morgan fingerprint density at radius 2 is 2.03 bits per heavy atom. The van der Waals surface area contributed by atoms with Gasteiger partial charge in [0.15, 0.2) is 5.82 Å². The van der Waals surface area contributed by atoms with Crippen molar-refractivity contribution < 1.29 is 0 Å². The second kappa shape index (κ2) is 8.69. The van der Waals surface area contributed by atoms with Crippen LogP contribution in [0.1, 0.15) is 44.4 Å². The van der Waals surface area contributed by atoms with E-state index in [9.17, 15) is 0 Å². The van der Waals surface area contributed by atoms with E-state index in [2.05, 4.69) is 62.9 Å². The summed E-state index contributed by atoms with van der Waals surface area (Å²) in [5, 5.41) is 13.8. The van der Waals surface area contributed by atoms with E-state index in [4.69, 9.17) is 4.98 Å². The zero-order valence-corrected chi connectivity index (χ0v) is 19.5. The van der Waals surface area contributed by atoms with Gasteiger partial charge in [0.05, 0.1) is 34.6 Å². The van der Waals surface area contributed by atoms with Crippen molar-refractivity contribution in [2.24, 2.45) is 7.05 Å². The van der Waals surface area contributed by atoms with Crippen LogP contribution in [0, 0.1) is 0 Å². The number of aromatic amines is 2. The fourth-order valence-corrected chi connectivity index (χ4v) is 4.53. The molecule has 33 heavy (non-hydrogen) atoms. The van der Waals surface area contributed by atoms with Gasteiger partial charge in [-0.05, 0) is 44.3 Å². The number of nitrogens with zero attached hydrogens (tertiary/aromatic N) is 6. The Balaban J connectivity index is 1.49. The fourth-order valence-electron chi connectivity index (χ4n) is 4.53. The average Bonchev–Trinajstić information content (AvgIpc) is 3.53. The van der Waals surface area contributed by atoms with Crippen LogP contribution in [0.3, 0.4) is 0 Å². The lowest BCUT2D eigenvalue weighted by atomic mass is 10.1. The highest BCUT2D eigenvalue weighted by Gasteiger charge is 2.18. The number of piperidine rings is 1. The number of H-pyrrole nitrogens is 2. The number of nitrogens with one attached hydrogen (secondary N) is 2. The maximum Gasteiger partial charge on any atom is 0.159 e. The molecule has 0 amide bonds. The first-order chi connectivity index (χ1) is 16.0. The summed E-state index contributed by atoms with van der Waals surface area (Å²) in [6, 6.07) is 0. The van der Waals surface area contributed by atoms with E-state index in [1.165, 1.54) is 19.3 Å². The molecule has 0 aliphatic carbocycles. The van der Waals surface area contributed by atoms with Crippen LogP contribution in [0.4, 0.5) is 5.69 Å². The molecule has 2 N–H and O–H groups in total. The Hall–Kier alpha value is -3.68. The van der Waals surface area contributed by atoms with Gasteiger partial charge in [-0.3, -0.25) is 14.8 Å². The van der Waals surface area contributed by atoms with Crippen LogP contribution >= 0.6 is 0 Å². The van der Waals surface area contributed by atoms with Crippen LogP contribution in [-0.2, 0) is 13.5 Å². The number of allylic oxidation sites excluding steroid dienone is 2. The first-order valence-corrected chi connectivity index (χ1v) is 11.6. The van der Waals surface area contributed by atoms with Gasteiger partial charge in [0.25, 0.3) is 0 Å². The zero-order valence-electron chi connectivity index (χ0n) is 19.5. The van der Waals surface area contributed by atoms with E-state index in [1.54, 1.807) is 0 Å². The van der Waals surface area contributed by atoms with Crippen LogP contribution < -0.4 is 15.5 Å². The monoisotopic (exact) mass is 442 g/mol. The fraction of sp³-hybridized carbons (Fsp3) is 0.360. The van der Waals surface area contributed by atoms with Crippen LogP contribution in [0.2, 0.25) is 0 Å². The Bertz CT molecular complexity index is 1430. The van der Waals surface area contributed by atoms with Gasteiger partial charge in [0.2, 0.25) is 0 Å². The molecular weight excluding hydrogens is 412 g/mol. The quantitative estimate of drug-likeness (QED) is 0.496. The van der Waals surface area contributed by atoms with Crippen LogP contribution in [-0.4, -0.2) is 48.0 Å². The summed E-state index contributed by atoms with van der Waals surface area (Å²) in [7, 11) is 1.95. The predicted octanol–water partition coefficient (Wildman–Crippen LogP) is 2.93. The Morgan fingerprint density at radius 3 is 2.82 bits per heavy atom. The number of hydrogen-bond acceptors (Lipinski definition) is 5. The van der Waals surface area contributed by atoms with E-state index in [0.29, 0.717) is 5.82 Å². The third-order valence-electron chi connectivity index (χ3n) is 6.36. The molecule has 4 aromatic rings. The third-order valence-corrected chi connectivity index (χ3v) is 6.36. The highest BCUT2D eigenvalue weighted by molar-refractivity contribution is 5.89. The number of pyridine rings is 1. The van der Waals surface area contributed by atoms with E-state index in [1.807, 2.05) is 30.2 Å². The summed E-state index contributed by atoms with van der Waals surface area (Å²) >= 11 is 0. The molecule has 4 aromatic heterocycles. The van der Waals surface area contributed by atoms with Gasteiger partial charge in [0, 0.05) is 37.1 Å². The maximum atomic E-state index is 4.90. The Kier molecular flexibility index (Phi) is 5.58. The summed E-state index contributed by atoms with van der Waals surface area (Å²) in [6.07, 6.45) is 14.5. The molecule has 8 heteroatoms.